The molecule has 0 radical (unpaired) electrons. The maximum atomic E-state index is 13.1. The van der Waals surface area contributed by atoms with Crippen LogP contribution in [0.15, 0.2) is 60.7 Å². The first kappa shape index (κ1) is 35.6. The van der Waals surface area contributed by atoms with Gasteiger partial charge in [-0.2, -0.15) is 13.2 Å². The Kier molecular flexibility index (Phi) is 10.7. The number of aliphatic hydroxyl groups is 1. The fraction of sp³-hybridized carbons (Fsp3) is 0.459. The molecule has 13 heteroatoms. The number of nitrogens with one attached hydrogen (secondary N) is 1. The van der Waals surface area contributed by atoms with Crippen LogP contribution in [0.3, 0.4) is 0 Å². The highest BCUT2D eigenvalue weighted by molar-refractivity contribution is 5.98. The summed E-state index contributed by atoms with van der Waals surface area (Å²) in [4.78, 5) is 27.8. The van der Waals surface area contributed by atoms with Crippen LogP contribution in [0.5, 0.6) is 11.5 Å². The fourth-order valence-corrected chi connectivity index (χ4v) is 7.07. The van der Waals surface area contributed by atoms with Crippen LogP contribution in [-0.4, -0.2) is 78.9 Å². The van der Waals surface area contributed by atoms with Crippen molar-refractivity contribution in [1.29, 1.82) is 0 Å². The topological polar surface area (TPSA) is 110 Å². The summed E-state index contributed by atoms with van der Waals surface area (Å²) in [5.74, 6) is -1.31. The molecule has 2 N–H and O–H groups in total. The number of hydrogen-bond acceptors (Lipinski definition) is 8. The summed E-state index contributed by atoms with van der Waals surface area (Å²) in [6, 6.07) is 17.3. The number of benzene rings is 3. The van der Waals surface area contributed by atoms with E-state index in [0.29, 0.717) is 47.2 Å². The Morgan fingerprint density at radius 3 is 2.24 bits per heavy atom. The average Bonchev–Trinajstić information content (AvgIpc) is 3.62. The van der Waals surface area contributed by atoms with E-state index in [1.807, 2.05) is 36.4 Å². The molecule has 3 aromatic carbocycles. The number of anilines is 1. The molecule has 3 aromatic rings. The normalized spacial score (nSPS) is 24.1. The minimum Gasteiger partial charge on any atom is -0.493 e. The molecule has 268 valence electrons. The van der Waals surface area contributed by atoms with Crippen LogP contribution in [0.4, 0.5) is 18.9 Å². The molecule has 2 saturated heterocycles. The number of ether oxygens (including phenoxy) is 4. The first-order valence-corrected chi connectivity index (χ1v) is 16.7. The van der Waals surface area contributed by atoms with Gasteiger partial charge in [0.05, 0.1) is 33.0 Å². The van der Waals surface area contributed by atoms with Crippen LogP contribution >= 0.6 is 0 Å². The summed E-state index contributed by atoms with van der Waals surface area (Å²) >= 11 is 0. The van der Waals surface area contributed by atoms with Gasteiger partial charge in [0.1, 0.15) is 6.04 Å². The van der Waals surface area contributed by atoms with Gasteiger partial charge in [-0.1, -0.05) is 43.3 Å². The molecule has 3 aliphatic heterocycles. The molecule has 0 spiro atoms. The number of nitrogens with zero attached hydrogens (tertiary/aromatic N) is 2. The van der Waals surface area contributed by atoms with Crippen molar-refractivity contribution < 1.29 is 46.8 Å². The highest BCUT2D eigenvalue weighted by Gasteiger charge is 2.47. The van der Waals surface area contributed by atoms with E-state index in [2.05, 4.69) is 17.1 Å². The van der Waals surface area contributed by atoms with Crippen LogP contribution in [0.2, 0.25) is 0 Å². The summed E-state index contributed by atoms with van der Waals surface area (Å²) in [6.07, 6.45) is -5.04. The number of fused-ring (bicyclic) bond motifs is 1. The molecule has 0 unspecified atom stereocenters. The van der Waals surface area contributed by atoms with Crippen LogP contribution < -0.4 is 14.8 Å². The summed E-state index contributed by atoms with van der Waals surface area (Å²) in [5, 5.41) is 12.2. The molecule has 10 nitrogen and oxygen atoms in total. The zero-order valence-corrected chi connectivity index (χ0v) is 28.2. The lowest BCUT2D eigenvalue weighted by atomic mass is 9.89. The second-order valence-electron chi connectivity index (χ2n) is 13.0. The molecule has 5 atom stereocenters. The summed E-state index contributed by atoms with van der Waals surface area (Å²) in [7, 11) is 3.26. The van der Waals surface area contributed by atoms with Gasteiger partial charge in [-0.15, -0.1) is 0 Å². The molecular weight excluding hydrogens is 655 g/mol. The zero-order chi connectivity index (χ0) is 35.6. The Hall–Kier alpha value is -4.17. The molecular formula is C37H42F3N3O7. The predicted molar refractivity (Wildman–Crippen MR) is 177 cm³/mol. The molecule has 0 aromatic heterocycles. The maximum Gasteiger partial charge on any atom is 0.471 e. The standard InChI is InChI=1S/C37H42F3N3O7/c1-22-32(20-42-16-14-26-17-30(47-2)31(48-3)18-27(26)19-42)49-35(50-33(22)24-8-6-23(21-44)7-9-24)25-10-12-28(13-11-25)41-34(45)29-5-4-15-43(29)36(46)37(38,39)40/h6-13,17-18,22,29,32-33,35,44H,4-5,14-16,19-21H2,1-3H3,(H,41,45)/t22-,29-,32+,33+,35+/m0/s1. The van der Waals surface area contributed by atoms with E-state index in [4.69, 9.17) is 18.9 Å². The molecule has 6 rings (SSSR count). The molecule has 50 heavy (non-hydrogen) atoms. The van der Waals surface area contributed by atoms with E-state index in [9.17, 15) is 27.9 Å². The van der Waals surface area contributed by atoms with Gasteiger partial charge < -0.3 is 34.3 Å². The van der Waals surface area contributed by atoms with E-state index in [0.717, 1.165) is 24.1 Å². The van der Waals surface area contributed by atoms with E-state index >= 15 is 0 Å². The second-order valence-corrected chi connectivity index (χ2v) is 13.0. The maximum absolute atomic E-state index is 13.1. The van der Waals surface area contributed by atoms with Gasteiger partial charge >= 0.3 is 12.1 Å². The van der Waals surface area contributed by atoms with Crippen molar-refractivity contribution in [3.8, 4) is 11.5 Å². The van der Waals surface area contributed by atoms with E-state index in [1.54, 1.807) is 38.5 Å². The van der Waals surface area contributed by atoms with Gasteiger partial charge in [0.25, 0.3) is 0 Å². The first-order chi connectivity index (χ1) is 24.0. The number of aliphatic hydroxyl groups excluding tert-OH is 1. The third-order valence-corrected chi connectivity index (χ3v) is 9.87. The molecule has 3 aliphatic rings. The summed E-state index contributed by atoms with van der Waals surface area (Å²) in [6.45, 7) is 4.10. The number of rotatable bonds is 9. The number of hydrogen-bond donors (Lipinski definition) is 2. The Morgan fingerprint density at radius 1 is 0.940 bits per heavy atom. The number of carbonyl (C=O) groups excluding carboxylic acids is 2. The number of alkyl halides is 3. The molecule has 3 heterocycles. The smallest absolute Gasteiger partial charge is 0.471 e. The number of methoxy groups -OCH3 is 2. The third kappa shape index (κ3) is 7.60. The molecule has 2 amide bonds. The lowest BCUT2D eigenvalue weighted by Gasteiger charge is -2.43. The monoisotopic (exact) mass is 697 g/mol. The van der Waals surface area contributed by atoms with Crippen molar-refractivity contribution in [1.82, 2.24) is 9.80 Å². The Balaban J connectivity index is 1.19. The Labute approximate surface area is 289 Å². The van der Waals surface area contributed by atoms with Crippen molar-refractivity contribution in [2.24, 2.45) is 5.92 Å². The highest BCUT2D eigenvalue weighted by atomic mass is 19.4. The minimum atomic E-state index is -5.04. The number of likely N-dealkylation sites (tertiary alicyclic amines) is 1. The number of halogens is 3. The number of carbonyl (C=O) groups is 2. The Bertz CT molecular complexity index is 1670. The van der Waals surface area contributed by atoms with Crippen LogP contribution in [-0.2, 0) is 38.6 Å². The summed E-state index contributed by atoms with van der Waals surface area (Å²) < 4.78 is 63.5. The quantitative estimate of drug-likeness (QED) is 0.300. The van der Waals surface area contributed by atoms with E-state index in [-0.39, 0.29) is 37.7 Å². The average molecular weight is 698 g/mol. The summed E-state index contributed by atoms with van der Waals surface area (Å²) in [5.41, 5.74) is 5.21. The van der Waals surface area contributed by atoms with Crippen molar-refractivity contribution in [3.05, 3.63) is 88.5 Å². The van der Waals surface area contributed by atoms with Crippen LogP contribution in [0.1, 0.15) is 60.0 Å². The van der Waals surface area contributed by atoms with Crippen molar-refractivity contribution in [2.75, 3.05) is 39.2 Å². The van der Waals surface area contributed by atoms with E-state index < -0.39 is 30.3 Å². The number of amides is 2. The highest BCUT2D eigenvalue weighted by Crippen LogP contribution is 2.43. The lowest BCUT2D eigenvalue weighted by Crippen LogP contribution is -2.48. The van der Waals surface area contributed by atoms with Gasteiger partial charge in [0.2, 0.25) is 5.91 Å². The van der Waals surface area contributed by atoms with Gasteiger partial charge in [-0.25, -0.2) is 0 Å². The second kappa shape index (κ2) is 15.0. The van der Waals surface area contributed by atoms with Crippen molar-refractivity contribution >= 4 is 17.5 Å². The molecule has 0 bridgehead atoms. The first-order valence-electron chi connectivity index (χ1n) is 16.7. The van der Waals surface area contributed by atoms with Crippen LogP contribution in [0, 0.1) is 5.92 Å². The largest absolute Gasteiger partial charge is 0.493 e. The predicted octanol–water partition coefficient (Wildman–Crippen LogP) is 5.54. The molecule has 0 saturated carbocycles. The molecule has 2 fully saturated rings. The van der Waals surface area contributed by atoms with Gasteiger partial charge in [0.15, 0.2) is 17.8 Å². The van der Waals surface area contributed by atoms with Crippen LogP contribution in [0.25, 0.3) is 0 Å². The third-order valence-electron chi connectivity index (χ3n) is 9.87. The van der Waals surface area contributed by atoms with Gasteiger partial charge in [0, 0.05) is 43.3 Å². The van der Waals surface area contributed by atoms with Gasteiger partial charge in [-0.3, -0.25) is 14.5 Å². The fourth-order valence-electron chi connectivity index (χ4n) is 7.07. The van der Waals surface area contributed by atoms with Crippen molar-refractivity contribution in [3.63, 3.8) is 0 Å². The van der Waals surface area contributed by atoms with Crippen molar-refractivity contribution in [2.45, 2.75) is 70.1 Å². The van der Waals surface area contributed by atoms with E-state index in [1.165, 1.54) is 11.1 Å². The lowest BCUT2D eigenvalue weighted by molar-refractivity contribution is -0.276. The SMILES string of the molecule is COc1cc2c(cc1OC)CN(C[C@H]1O[C@@H](c3ccc(NC(=O)[C@@H]4CCCN4C(=O)C(F)(F)F)cc3)O[C@@H](c3ccc(CO)cc3)[C@H]1C)CC2. The van der Waals surface area contributed by atoms with Gasteiger partial charge in [-0.05, 0) is 65.8 Å². The minimum absolute atomic E-state index is 0.0367. The zero-order valence-electron chi connectivity index (χ0n) is 28.2. The Morgan fingerprint density at radius 2 is 1.60 bits per heavy atom. The molecule has 0 aliphatic carbocycles.